The maximum atomic E-state index is 10.1. The van der Waals surface area contributed by atoms with Gasteiger partial charge in [-0.05, 0) is 0 Å². The molecule has 3 nitrogen and oxygen atoms in total. The summed E-state index contributed by atoms with van der Waals surface area (Å²) in [6.45, 7) is 0. The molecule has 0 spiro atoms. The quantitative estimate of drug-likeness (QED) is 0.551. The third-order valence-electron chi connectivity index (χ3n) is 2.96. The van der Waals surface area contributed by atoms with Gasteiger partial charge in [0.15, 0.2) is 0 Å². The second-order valence-corrected chi connectivity index (χ2v) is 6.14. The van der Waals surface area contributed by atoms with E-state index in [0.717, 1.165) is 17.5 Å². The average molecular weight is 290 g/mol. The summed E-state index contributed by atoms with van der Waals surface area (Å²) in [5.41, 5.74) is 0. The molecule has 2 saturated heterocycles. The molecular formula is C10H15N2OSSe. The fourth-order valence-electron chi connectivity index (χ4n) is 2.19. The SMILES string of the molecule is O=[C]CCCC[C@@H]1SC[C@@H]2NC(=[Se])N[C@@H]21. The van der Waals surface area contributed by atoms with Crippen LogP contribution in [0.25, 0.3) is 0 Å². The zero-order chi connectivity index (χ0) is 10.7. The second-order valence-electron chi connectivity index (χ2n) is 4.01. The molecule has 0 unspecified atom stereocenters. The molecular weight excluding hydrogens is 275 g/mol. The Morgan fingerprint density at radius 3 is 3.13 bits per heavy atom. The number of thioether (sulfide) groups is 1. The van der Waals surface area contributed by atoms with Crippen LogP contribution in [0.1, 0.15) is 25.7 Å². The summed E-state index contributed by atoms with van der Waals surface area (Å²) < 4.78 is 1.09. The van der Waals surface area contributed by atoms with Gasteiger partial charge in [0, 0.05) is 0 Å². The van der Waals surface area contributed by atoms with Gasteiger partial charge in [0.05, 0.1) is 0 Å². The molecule has 2 aliphatic heterocycles. The summed E-state index contributed by atoms with van der Waals surface area (Å²) in [7, 11) is 0. The maximum absolute atomic E-state index is 10.1. The summed E-state index contributed by atoms with van der Waals surface area (Å²) in [5.74, 6) is 1.19. The van der Waals surface area contributed by atoms with Crippen molar-refractivity contribution in [2.45, 2.75) is 43.0 Å². The van der Waals surface area contributed by atoms with Crippen LogP contribution in [0.3, 0.4) is 0 Å². The van der Waals surface area contributed by atoms with Crippen molar-refractivity contribution in [1.82, 2.24) is 10.6 Å². The van der Waals surface area contributed by atoms with Crippen LogP contribution in [0.4, 0.5) is 0 Å². The summed E-state index contributed by atoms with van der Waals surface area (Å²) in [5, 5.41) is 7.57. The van der Waals surface area contributed by atoms with Crippen molar-refractivity contribution in [3.05, 3.63) is 0 Å². The molecule has 2 fully saturated rings. The van der Waals surface area contributed by atoms with Crippen LogP contribution >= 0.6 is 11.8 Å². The van der Waals surface area contributed by atoms with Gasteiger partial charge in [0.25, 0.3) is 0 Å². The first-order valence-electron chi connectivity index (χ1n) is 5.35. The van der Waals surface area contributed by atoms with Crippen LogP contribution in [0, 0.1) is 0 Å². The standard InChI is InChI=1S/C10H15N2OSSe/c13-5-3-1-2-4-8-9-7(6-14-8)11-10(15)12-9/h7-9H,1-4,6H2,(H2,11,12,15)/t7-,8-,9-/m0/s1. The monoisotopic (exact) mass is 291 g/mol. The van der Waals surface area contributed by atoms with Gasteiger partial charge in [-0.15, -0.1) is 0 Å². The van der Waals surface area contributed by atoms with Gasteiger partial charge in [-0.25, -0.2) is 0 Å². The second kappa shape index (κ2) is 5.37. The third kappa shape index (κ3) is 2.77. The molecule has 15 heavy (non-hydrogen) atoms. The first-order valence-corrected chi connectivity index (χ1v) is 7.25. The van der Waals surface area contributed by atoms with E-state index in [0.29, 0.717) is 23.8 Å². The number of hydrogen-bond acceptors (Lipinski definition) is 4. The molecule has 2 N–H and O–H groups in total. The van der Waals surface area contributed by atoms with Gasteiger partial charge in [0.1, 0.15) is 0 Å². The number of rotatable bonds is 5. The topological polar surface area (TPSA) is 41.1 Å². The first kappa shape index (κ1) is 11.5. The van der Waals surface area contributed by atoms with Crippen LogP contribution < -0.4 is 10.6 Å². The molecule has 5 heteroatoms. The Morgan fingerprint density at radius 1 is 1.47 bits per heavy atom. The van der Waals surface area contributed by atoms with E-state index in [-0.39, 0.29) is 0 Å². The Morgan fingerprint density at radius 2 is 2.33 bits per heavy atom. The predicted molar refractivity (Wildman–Crippen MR) is 65.0 cm³/mol. The summed E-state index contributed by atoms with van der Waals surface area (Å²) >= 11 is 5.04. The molecule has 0 aliphatic carbocycles. The molecule has 0 saturated carbocycles. The fraction of sp³-hybridized carbons (Fsp3) is 0.800. The van der Waals surface area contributed by atoms with E-state index in [2.05, 4.69) is 26.2 Å². The number of fused-ring (bicyclic) bond motifs is 1. The van der Waals surface area contributed by atoms with Crippen LogP contribution in [0.2, 0.25) is 0 Å². The zero-order valence-electron chi connectivity index (χ0n) is 8.49. The molecule has 0 aromatic carbocycles. The van der Waals surface area contributed by atoms with Crippen molar-refractivity contribution in [3.63, 3.8) is 0 Å². The van der Waals surface area contributed by atoms with Crippen LogP contribution in [0.15, 0.2) is 0 Å². The Labute approximate surface area is 102 Å². The Bertz CT molecular complexity index is 262. The Kier molecular flexibility index (Phi) is 4.12. The van der Waals surface area contributed by atoms with E-state index in [1.807, 2.05) is 18.0 Å². The van der Waals surface area contributed by atoms with E-state index < -0.39 is 0 Å². The predicted octanol–water partition coefficient (Wildman–Crippen LogP) is -0.0422. The summed E-state index contributed by atoms with van der Waals surface area (Å²) in [6.07, 6.45) is 5.88. The van der Waals surface area contributed by atoms with E-state index in [4.69, 9.17) is 0 Å². The van der Waals surface area contributed by atoms with Crippen molar-refractivity contribution >= 4 is 38.3 Å². The van der Waals surface area contributed by atoms with Gasteiger partial charge in [-0.3, -0.25) is 0 Å². The average Bonchev–Trinajstić information content (AvgIpc) is 2.73. The Hall–Kier alpha value is 0.00948. The van der Waals surface area contributed by atoms with Gasteiger partial charge in [-0.2, -0.15) is 0 Å². The van der Waals surface area contributed by atoms with Gasteiger partial charge >= 0.3 is 102 Å². The minimum absolute atomic E-state index is 0.575. The molecule has 0 bridgehead atoms. The van der Waals surface area contributed by atoms with Crippen LogP contribution in [-0.4, -0.2) is 49.6 Å². The number of unbranched alkanes of at least 4 members (excludes halogenated alkanes) is 2. The minimum atomic E-state index is 0.575. The first-order chi connectivity index (χ1) is 7.31. The van der Waals surface area contributed by atoms with E-state index in [9.17, 15) is 4.79 Å². The number of hydrogen-bond donors (Lipinski definition) is 2. The van der Waals surface area contributed by atoms with Gasteiger partial charge in [-0.1, -0.05) is 0 Å². The molecule has 0 aromatic rings. The van der Waals surface area contributed by atoms with Crippen molar-refractivity contribution in [2.75, 3.05) is 5.75 Å². The zero-order valence-corrected chi connectivity index (χ0v) is 11.0. The van der Waals surface area contributed by atoms with Crippen molar-refractivity contribution in [1.29, 1.82) is 0 Å². The van der Waals surface area contributed by atoms with Crippen LogP contribution in [0.5, 0.6) is 0 Å². The Balaban J connectivity index is 1.74. The third-order valence-corrected chi connectivity index (χ3v) is 4.96. The molecule has 2 rings (SSSR count). The number of nitrogens with one attached hydrogen (secondary N) is 2. The van der Waals surface area contributed by atoms with Crippen LogP contribution in [-0.2, 0) is 4.79 Å². The van der Waals surface area contributed by atoms with Crippen molar-refractivity contribution in [2.24, 2.45) is 0 Å². The van der Waals surface area contributed by atoms with E-state index in [1.54, 1.807) is 0 Å². The van der Waals surface area contributed by atoms with E-state index >= 15 is 0 Å². The number of carbonyl (C=O) groups excluding carboxylic acids is 1. The normalized spacial score (nSPS) is 33.3. The molecule has 0 amide bonds. The molecule has 1 radical (unpaired) electrons. The molecule has 3 atom stereocenters. The molecule has 2 heterocycles. The summed E-state index contributed by atoms with van der Waals surface area (Å²) in [6, 6.07) is 1.17. The molecule has 2 aliphatic rings. The van der Waals surface area contributed by atoms with Gasteiger partial charge < -0.3 is 0 Å². The van der Waals surface area contributed by atoms with Crippen molar-refractivity contribution in [3.8, 4) is 0 Å². The fourth-order valence-corrected chi connectivity index (χ4v) is 4.33. The van der Waals surface area contributed by atoms with E-state index in [1.165, 1.54) is 12.2 Å². The molecule has 0 aromatic heterocycles. The molecule has 83 valence electrons. The van der Waals surface area contributed by atoms with Crippen molar-refractivity contribution < 1.29 is 4.79 Å². The summed E-state index contributed by atoms with van der Waals surface area (Å²) in [4.78, 5) is 10.1. The van der Waals surface area contributed by atoms with Gasteiger partial charge in [0.2, 0.25) is 0 Å².